The van der Waals surface area contributed by atoms with Gasteiger partial charge in [-0.2, -0.15) is 0 Å². The van der Waals surface area contributed by atoms with Crippen molar-refractivity contribution < 1.29 is 9.53 Å². The fourth-order valence-electron chi connectivity index (χ4n) is 11.7. The molecule has 0 aromatic rings. The molecule has 5 rings (SSSR count). The molecule has 0 bridgehead atoms. The minimum atomic E-state index is -0.0968. The summed E-state index contributed by atoms with van der Waals surface area (Å²) >= 11 is 0. The lowest BCUT2D eigenvalue weighted by Gasteiger charge is -2.75. The number of carbonyl (C=O) groups excluding carboxylic acids is 1. The molecule has 0 amide bonds. The van der Waals surface area contributed by atoms with Crippen LogP contribution >= 0.6 is 0 Å². The normalized spacial score (nSPS) is 56.3. The zero-order valence-corrected chi connectivity index (χ0v) is 24.0. The highest BCUT2D eigenvalue weighted by Gasteiger charge is 2.70. The average Bonchev–Trinajstić information content (AvgIpc) is 2.74. The number of esters is 1. The molecule has 0 radical (unpaired) electrons. The van der Waals surface area contributed by atoms with Crippen molar-refractivity contribution in [2.24, 2.45) is 56.2 Å². The maximum atomic E-state index is 11.8. The van der Waals surface area contributed by atoms with E-state index in [0.29, 0.717) is 38.4 Å². The maximum absolute atomic E-state index is 11.8. The molecule has 5 fully saturated rings. The van der Waals surface area contributed by atoms with E-state index in [4.69, 9.17) is 4.74 Å². The molecule has 0 aliphatic heterocycles. The van der Waals surface area contributed by atoms with Gasteiger partial charge in [0.05, 0.1) is 0 Å². The van der Waals surface area contributed by atoms with E-state index in [1.54, 1.807) is 6.92 Å². The largest absolute Gasteiger partial charge is 0.462 e. The van der Waals surface area contributed by atoms with Gasteiger partial charge in [-0.1, -0.05) is 55.4 Å². The molecule has 0 saturated heterocycles. The van der Waals surface area contributed by atoms with E-state index < -0.39 is 0 Å². The Hall–Kier alpha value is -0.530. The van der Waals surface area contributed by atoms with Crippen molar-refractivity contribution in [3.8, 4) is 0 Å². The van der Waals surface area contributed by atoms with Crippen molar-refractivity contribution in [3.05, 3.63) is 0 Å². The third kappa shape index (κ3) is 3.21. The van der Waals surface area contributed by atoms with Gasteiger partial charge in [0.2, 0.25) is 0 Å². The van der Waals surface area contributed by atoms with Crippen LogP contribution in [0.25, 0.3) is 0 Å². The van der Waals surface area contributed by atoms with Crippen LogP contribution in [0.1, 0.15) is 133 Å². The predicted octanol–water partition coefficient (Wildman–Crippen LogP) is 8.82. The Labute approximate surface area is 210 Å². The SMILES string of the molecule is CC(=O)OC1CCC2[C@]3(C)CC[C@@]4(C)C5CC(C)(C)CC[C@]5(C)CC[C@]4(C)C3CC[C@]2(C)C1C. The highest BCUT2D eigenvalue weighted by atomic mass is 16.5. The summed E-state index contributed by atoms with van der Waals surface area (Å²) in [7, 11) is 0. The molecule has 5 aliphatic carbocycles. The van der Waals surface area contributed by atoms with Gasteiger partial charge >= 0.3 is 5.97 Å². The Morgan fingerprint density at radius 3 is 1.97 bits per heavy atom. The zero-order chi connectivity index (χ0) is 24.9. The predicted molar refractivity (Wildman–Crippen MR) is 140 cm³/mol. The molecule has 0 aromatic heterocycles. The van der Waals surface area contributed by atoms with Gasteiger partial charge in [0.1, 0.15) is 6.10 Å². The van der Waals surface area contributed by atoms with E-state index in [2.05, 4.69) is 55.4 Å². The molecular weight excluding hydrogens is 416 g/mol. The fraction of sp³-hybridized carbons (Fsp3) is 0.969. The summed E-state index contributed by atoms with van der Waals surface area (Å²) in [6.45, 7) is 22.5. The van der Waals surface area contributed by atoms with Crippen molar-refractivity contribution in [2.75, 3.05) is 0 Å². The van der Waals surface area contributed by atoms with Gasteiger partial charge in [0.15, 0.2) is 0 Å². The first-order valence-corrected chi connectivity index (χ1v) is 14.8. The smallest absolute Gasteiger partial charge is 0.302 e. The average molecular weight is 471 g/mol. The molecule has 2 nitrogen and oxygen atoms in total. The van der Waals surface area contributed by atoms with Crippen LogP contribution in [0.5, 0.6) is 0 Å². The summed E-state index contributed by atoms with van der Waals surface area (Å²) in [5, 5.41) is 0. The summed E-state index contributed by atoms with van der Waals surface area (Å²) in [5.41, 5.74) is 2.70. The van der Waals surface area contributed by atoms with Gasteiger partial charge in [-0.25, -0.2) is 0 Å². The fourth-order valence-corrected chi connectivity index (χ4v) is 11.7. The number of fused-ring (bicyclic) bond motifs is 7. The monoisotopic (exact) mass is 470 g/mol. The van der Waals surface area contributed by atoms with Crippen LogP contribution in [-0.2, 0) is 9.53 Å². The molecule has 0 spiro atoms. The van der Waals surface area contributed by atoms with E-state index in [-0.39, 0.29) is 12.1 Å². The number of hydrogen-bond acceptors (Lipinski definition) is 2. The highest BCUT2D eigenvalue weighted by Crippen LogP contribution is 2.78. The summed E-state index contributed by atoms with van der Waals surface area (Å²) in [6.07, 6.45) is 15.1. The Kier molecular flexibility index (Phi) is 5.55. The van der Waals surface area contributed by atoms with E-state index in [9.17, 15) is 4.79 Å². The lowest BCUT2D eigenvalue weighted by molar-refractivity contribution is -0.263. The van der Waals surface area contributed by atoms with Crippen LogP contribution in [-0.4, -0.2) is 12.1 Å². The summed E-state index contributed by atoms with van der Waals surface area (Å²) in [6, 6.07) is 0. The third-order valence-corrected chi connectivity index (χ3v) is 14.2. The van der Waals surface area contributed by atoms with E-state index in [0.717, 1.165) is 24.2 Å². The zero-order valence-electron chi connectivity index (χ0n) is 24.0. The molecule has 34 heavy (non-hydrogen) atoms. The van der Waals surface area contributed by atoms with Crippen molar-refractivity contribution in [2.45, 2.75) is 139 Å². The van der Waals surface area contributed by atoms with Crippen LogP contribution in [0, 0.1) is 56.2 Å². The van der Waals surface area contributed by atoms with Crippen LogP contribution in [0.2, 0.25) is 0 Å². The van der Waals surface area contributed by atoms with Gasteiger partial charge in [-0.05, 0) is 127 Å². The first kappa shape index (κ1) is 25.1. The van der Waals surface area contributed by atoms with Crippen molar-refractivity contribution in [1.29, 1.82) is 0 Å². The molecule has 5 saturated carbocycles. The lowest BCUT2D eigenvalue weighted by atomic mass is 9.30. The van der Waals surface area contributed by atoms with E-state index >= 15 is 0 Å². The van der Waals surface area contributed by atoms with Crippen LogP contribution in [0.3, 0.4) is 0 Å². The first-order valence-electron chi connectivity index (χ1n) is 14.8. The second-order valence-electron chi connectivity index (χ2n) is 16.1. The summed E-state index contributed by atoms with van der Waals surface area (Å²) in [4.78, 5) is 11.8. The quantitative estimate of drug-likeness (QED) is 0.358. The highest BCUT2D eigenvalue weighted by molar-refractivity contribution is 5.66. The molecule has 0 heterocycles. The molecule has 5 aliphatic rings. The maximum Gasteiger partial charge on any atom is 0.302 e. The summed E-state index contributed by atoms with van der Waals surface area (Å²) < 4.78 is 5.86. The molecule has 0 N–H and O–H groups in total. The summed E-state index contributed by atoms with van der Waals surface area (Å²) in [5.74, 6) is 2.84. The van der Waals surface area contributed by atoms with Crippen LogP contribution in [0.15, 0.2) is 0 Å². The first-order chi connectivity index (χ1) is 15.6. The van der Waals surface area contributed by atoms with Gasteiger partial charge in [-0.15, -0.1) is 0 Å². The van der Waals surface area contributed by atoms with Gasteiger partial charge < -0.3 is 4.74 Å². The molecular formula is C32H54O2. The minimum Gasteiger partial charge on any atom is -0.462 e. The van der Waals surface area contributed by atoms with E-state index in [1.165, 1.54) is 64.2 Å². The number of ether oxygens (including phenoxy) is 1. The standard InChI is InChI=1S/C32H54O2/c1-21-23(34-22(2)33)10-11-24-29(21,6)13-12-25-30(24,7)17-19-32(9)26-20-27(3,4)14-15-28(26,5)16-18-31(25,32)8/h21,23-26H,10-20H2,1-9H3/t21?,23?,24?,25?,26?,28-,29-,30+,31-,32+/m1/s1. The van der Waals surface area contributed by atoms with Gasteiger partial charge in [-0.3, -0.25) is 4.79 Å². The van der Waals surface area contributed by atoms with Crippen molar-refractivity contribution in [3.63, 3.8) is 0 Å². The molecule has 0 aromatic carbocycles. The Balaban J connectivity index is 1.49. The Morgan fingerprint density at radius 2 is 1.29 bits per heavy atom. The molecule has 194 valence electrons. The number of hydrogen-bond donors (Lipinski definition) is 0. The minimum absolute atomic E-state index is 0.0968. The van der Waals surface area contributed by atoms with Crippen molar-refractivity contribution >= 4 is 5.97 Å². The molecule has 10 atom stereocenters. The Bertz CT molecular complexity index is 846. The van der Waals surface area contributed by atoms with Gasteiger partial charge in [0.25, 0.3) is 0 Å². The second kappa shape index (κ2) is 7.50. The molecule has 2 heteroatoms. The number of carbonyl (C=O) groups is 1. The number of rotatable bonds is 1. The van der Waals surface area contributed by atoms with Crippen LogP contribution < -0.4 is 0 Å². The Morgan fingerprint density at radius 1 is 0.676 bits per heavy atom. The van der Waals surface area contributed by atoms with Gasteiger partial charge in [0, 0.05) is 6.92 Å². The van der Waals surface area contributed by atoms with Crippen molar-refractivity contribution in [1.82, 2.24) is 0 Å². The lowest BCUT2D eigenvalue weighted by Crippen LogP contribution is -2.68. The topological polar surface area (TPSA) is 26.3 Å². The van der Waals surface area contributed by atoms with E-state index in [1.807, 2.05) is 0 Å². The molecule has 5 unspecified atom stereocenters. The third-order valence-electron chi connectivity index (χ3n) is 14.2. The second-order valence-corrected chi connectivity index (χ2v) is 16.1. The van der Waals surface area contributed by atoms with Crippen LogP contribution in [0.4, 0.5) is 0 Å².